The topological polar surface area (TPSA) is 118 Å². The summed E-state index contributed by atoms with van der Waals surface area (Å²) in [6.45, 7) is 8.75. The van der Waals surface area contributed by atoms with Gasteiger partial charge in [0.2, 0.25) is 0 Å². The third-order valence-electron chi connectivity index (χ3n) is 7.45. The largest absolute Gasteiger partial charge is 0.473 e. The van der Waals surface area contributed by atoms with Crippen molar-refractivity contribution in [2.24, 2.45) is 17.3 Å². The molecule has 2 fully saturated rings. The fourth-order valence-electron chi connectivity index (χ4n) is 4.76. The van der Waals surface area contributed by atoms with Crippen molar-refractivity contribution in [3.05, 3.63) is 16.6 Å². The van der Waals surface area contributed by atoms with Gasteiger partial charge in [-0.15, -0.1) is 0 Å². The Bertz CT molecular complexity index is 927. The molecule has 0 aromatic carbocycles. The fraction of sp³-hybridized carbons (Fsp3) is 0.731. The van der Waals surface area contributed by atoms with E-state index >= 15 is 0 Å². The zero-order valence-corrected chi connectivity index (χ0v) is 22.3. The molecule has 0 spiro atoms. The van der Waals surface area contributed by atoms with Gasteiger partial charge in [-0.3, -0.25) is 9.59 Å². The van der Waals surface area contributed by atoms with E-state index in [-0.39, 0.29) is 30.3 Å². The molecular weight excluding hydrogens is 470 g/mol. The maximum atomic E-state index is 13.2. The Kier molecular flexibility index (Phi) is 9.12. The summed E-state index contributed by atoms with van der Waals surface area (Å²) in [7, 11) is 1.56. The number of aromatic nitrogens is 1. The molecule has 2 aliphatic rings. The molecule has 2 saturated heterocycles. The minimum Gasteiger partial charge on any atom is -0.473 e. The van der Waals surface area contributed by atoms with E-state index in [9.17, 15) is 19.8 Å². The van der Waals surface area contributed by atoms with E-state index in [4.69, 9.17) is 14.2 Å². The van der Waals surface area contributed by atoms with Crippen LogP contribution in [0.5, 0.6) is 5.19 Å². The van der Waals surface area contributed by atoms with Crippen LogP contribution in [0.25, 0.3) is 6.08 Å². The van der Waals surface area contributed by atoms with Gasteiger partial charge in [0.15, 0.2) is 0 Å². The first-order valence-corrected chi connectivity index (χ1v) is 13.2. The zero-order valence-electron chi connectivity index (χ0n) is 21.5. The second kappa shape index (κ2) is 11.5. The highest BCUT2D eigenvalue weighted by Crippen LogP contribution is 2.36. The van der Waals surface area contributed by atoms with E-state index in [2.05, 4.69) is 4.98 Å². The fourth-order valence-corrected chi connectivity index (χ4v) is 5.36. The highest BCUT2D eigenvalue weighted by molar-refractivity contribution is 7.11. The Balaban J connectivity index is 1.81. The minimum atomic E-state index is -1.24. The quantitative estimate of drug-likeness (QED) is 0.467. The van der Waals surface area contributed by atoms with Gasteiger partial charge in [-0.05, 0) is 37.3 Å². The minimum absolute atomic E-state index is 0.0175. The molecule has 0 radical (unpaired) electrons. The van der Waals surface area contributed by atoms with Gasteiger partial charge in [-0.2, -0.15) is 0 Å². The number of ether oxygens (including phenoxy) is 3. The average Bonchev–Trinajstić information content (AvgIpc) is 3.38. The van der Waals surface area contributed by atoms with Gasteiger partial charge in [-0.25, -0.2) is 4.98 Å². The summed E-state index contributed by atoms with van der Waals surface area (Å²) < 4.78 is 16.8. The van der Waals surface area contributed by atoms with Crippen molar-refractivity contribution in [3.8, 4) is 5.19 Å². The van der Waals surface area contributed by atoms with Crippen molar-refractivity contribution < 1.29 is 34.0 Å². The molecule has 3 heterocycles. The van der Waals surface area contributed by atoms with Gasteiger partial charge in [0.25, 0.3) is 5.19 Å². The number of cyclic esters (lactones) is 1. The van der Waals surface area contributed by atoms with Crippen LogP contribution in [-0.2, 0) is 19.1 Å². The highest BCUT2D eigenvalue weighted by Gasteiger charge is 2.44. The van der Waals surface area contributed by atoms with Crippen LogP contribution < -0.4 is 4.74 Å². The molecule has 35 heavy (non-hydrogen) atoms. The van der Waals surface area contributed by atoms with Gasteiger partial charge >= 0.3 is 5.97 Å². The Morgan fingerprint density at radius 1 is 1.23 bits per heavy atom. The van der Waals surface area contributed by atoms with Crippen molar-refractivity contribution in [2.75, 3.05) is 7.11 Å². The number of ketones is 1. The van der Waals surface area contributed by atoms with Crippen molar-refractivity contribution in [1.82, 2.24) is 4.98 Å². The predicted octanol–water partition coefficient (Wildman–Crippen LogP) is 3.79. The number of thiazole rings is 1. The molecule has 3 rings (SSSR count). The van der Waals surface area contributed by atoms with E-state index in [1.807, 2.05) is 25.3 Å². The zero-order chi connectivity index (χ0) is 25.9. The summed E-state index contributed by atoms with van der Waals surface area (Å²) in [4.78, 5) is 30.4. The highest BCUT2D eigenvalue weighted by atomic mass is 32.1. The van der Waals surface area contributed by atoms with Crippen LogP contribution >= 0.6 is 11.3 Å². The second-order valence-corrected chi connectivity index (χ2v) is 11.4. The molecule has 196 valence electrons. The Hall–Kier alpha value is -1.81. The number of Topliss-reactive ketones (excluding diaryl/α,β-unsaturated/α-hetero) is 1. The lowest BCUT2D eigenvalue weighted by Gasteiger charge is -2.34. The molecule has 0 amide bonds. The number of carbonyl (C=O) groups excluding carboxylic acids is 2. The van der Waals surface area contributed by atoms with E-state index in [1.54, 1.807) is 27.9 Å². The second-order valence-electron chi connectivity index (χ2n) is 10.6. The van der Waals surface area contributed by atoms with Crippen LogP contribution in [0.15, 0.2) is 11.0 Å². The molecule has 0 bridgehead atoms. The summed E-state index contributed by atoms with van der Waals surface area (Å²) in [5.41, 5.74) is 0.323. The number of methoxy groups -OCH3 is 1. The summed E-state index contributed by atoms with van der Waals surface area (Å²) in [6, 6.07) is 0. The lowest BCUT2D eigenvalue weighted by atomic mass is 9.73. The molecule has 8 nitrogen and oxygen atoms in total. The molecule has 1 aromatic heterocycles. The number of aliphatic hydroxyl groups is 2. The van der Waals surface area contributed by atoms with Crippen molar-refractivity contribution >= 4 is 29.2 Å². The molecule has 0 saturated carbocycles. The predicted molar refractivity (Wildman–Crippen MR) is 133 cm³/mol. The number of epoxide rings is 1. The van der Waals surface area contributed by atoms with E-state index < -0.39 is 35.6 Å². The van der Waals surface area contributed by atoms with Crippen LogP contribution in [0.1, 0.15) is 72.4 Å². The molecule has 1 aromatic rings. The smallest absolute Gasteiger partial charge is 0.309 e. The van der Waals surface area contributed by atoms with Gasteiger partial charge in [0.1, 0.15) is 11.9 Å². The standard InChI is InChI=1S/C26H39NO7S/c1-14-8-7-9-18-20(33-18)11-19(15(2)10-17-13-35-25(27-17)32-6)34-22(29)12-21(28)26(4,5)24(31)16(3)23(14)30/h10,13-14,16,18-21,23,28,30H,7-9,11-12H2,1-6H3/b15-10+. The molecule has 9 heteroatoms. The lowest BCUT2D eigenvalue weighted by molar-refractivity contribution is -0.154. The van der Waals surface area contributed by atoms with E-state index in [0.717, 1.165) is 24.8 Å². The van der Waals surface area contributed by atoms with Crippen molar-refractivity contribution in [3.63, 3.8) is 0 Å². The third-order valence-corrected chi connectivity index (χ3v) is 8.27. The number of nitrogens with zero attached hydrogens (tertiary/aromatic N) is 1. The maximum Gasteiger partial charge on any atom is 0.309 e. The van der Waals surface area contributed by atoms with Crippen LogP contribution in [0, 0.1) is 17.3 Å². The number of aliphatic hydroxyl groups excluding tert-OH is 2. The number of hydrogen-bond donors (Lipinski definition) is 2. The third kappa shape index (κ3) is 6.90. The molecule has 7 unspecified atom stereocenters. The summed E-state index contributed by atoms with van der Waals surface area (Å²) in [6.07, 6.45) is 2.02. The Morgan fingerprint density at radius 3 is 2.60 bits per heavy atom. The number of carbonyl (C=O) groups is 2. The molecule has 2 aliphatic heterocycles. The first-order valence-electron chi connectivity index (χ1n) is 12.4. The molecule has 2 N–H and O–H groups in total. The maximum absolute atomic E-state index is 13.2. The van der Waals surface area contributed by atoms with Crippen molar-refractivity contribution in [2.45, 2.75) is 97.2 Å². The van der Waals surface area contributed by atoms with Crippen LogP contribution in [0.2, 0.25) is 0 Å². The van der Waals surface area contributed by atoms with Gasteiger partial charge in [-0.1, -0.05) is 45.5 Å². The number of fused-ring (bicyclic) bond motifs is 1. The Labute approximate surface area is 211 Å². The normalized spacial score (nSPS) is 35.2. The average molecular weight is 510 g/mol. The summed E-state index contributed by atoms with van der Waals surface area (Å²) in [5, 5.41) is 24.0. The van der Waals surface area contributed by atoms with Crippen LogP contribution in [-0.4, -0.2) is 64.6 Å². The Morgan fingerprint density at radius 2 is 1.94 bits per heavy atom. The summed E-state index contributed by atoms with van der Waals surface area (Å²) in [5.74, 6) is -1.57. The van der Waals surface area contributed by atoms with Crippen molar-refractivity contribution in [1.29, 1.82) is 0 Å². The van der Waals surface area contributed by atoms with E-state index in [1.165, 1.54) is 11.3 Å². The number of rotatable bonds is 3. The van der Waals surface area contributed by atoms with Gasteiger partial charge in [0.05, 0.1) is 49.1 Å². The first kappa shape index (κ1) is 27.8. The number of hydrogen-bond acceptors (Lipinski definition) is 9. The van der Waals surface area contributed by atoms with Crippen LogP contribution in [0.3, 0.4) is 0 Å². The number of esters is 1. The van der Waals surface area contributed by atoms with Crippen LogP contribution in [0.4, 0.5) is 0 Å². The molecule has 0 aliphatic carbocycles. The molecule has 7 atom stereocenters. The van der Waals surface area contributed by atoms with E-state index in [0.29, 0.717) is 17.3 Å². The first-order chi connectivity index (χ1) is 16.4. The SMILES string of the molecule is COc1nc(/C=C(\C)C2CC3OC3CCCC(C)C(O)C(C)C(=O)C(C)(C)C(O)CC(=O)O2)cs1. The monoisotopic (exact) mass is 509 g/mol. The van der Waals surface area contributed by atoms with Gasteiger partial charge in [0, 0.05) is 17.7 Å². The summed E-state index contributed by atoms with van der Waals surface area (Å²) >= 11 is 1.38. The lowest BCUT2D eigenvalue weighted by Crippen LogP contribution is -2.45. The van der Waals surface area contributed by atoms with Gasteiger partial charge < -0.3 is 24.4 Å². The molecular formula is C26H39NO7S.